The fourth-order valence-corrected chi connectivity index (χ4v) is 3.46. The second-order valence-electron chi connectivity index (χ2n) is 7.36. The molecule has 1 aliphatic carbocycles. The van der Waals surface area contributed by atoms with Gasteiger partial charge in [0.2, 0.25) is 0 Å². The fraction of sp³-hybridized carbons (Fsp3) is 0.444. The Labute approximate surface area is 143 Å². The van der Waals surface area contributed by atoms with Crippen molar-refractivity contribution < 1.29 is 22.8 Å². The van der Waals surface area contributed by atoms with E-state index in [0.29, 0.717) is 29.7 Å². The molecule has 1 heterocycles. The molecule has 0 fully saturated rings. The van der Waals surface area contributed by atoms with Crippen LogP contribution in [0.1, 0.15) is 43.9 Å². The van der Waals surface area contributed by atoms with Gasteiger partial charge >= 0.3 is 12.2 Å². The molecule has 0 unspecified atom stereocenters. The first-order chi connectivity index (χ1) is 11.5. The molecule has 4 nitrogen and oxygen atoms in total. The third-order valence-electron chi connectivity index (χ3n) is 4.73. The highest BCUT2D eigenvalue weighted by atomic mass is 19.4. The SMILES string of the molecule is CN1C(=O)N[C@@H](c2ccc(C(F)(F)F)cc2)C2=C1CC(C)(C)CC2=O. The number of hydrogen-bond acceptors (Lipinski definition) is 2. The average Bonchev–Trinajstić information content (AvgIpc) is 2.49. The minimum absolute atomic E-state index is 0.0806. The number of alkyl halides is 3. The molecule has 0 saturated heterocycles. The van der Waals surface area contributed by atoms with Crippen LogP contribution in [-0.4, -0.2) is 23.8 Å². The summed E-state index contributed by atoms with van der Waals surface area (Å²) < 4.78 is 38.3. The number of urea groups is 1. The van der Waals surface area contributed by atoms with E-state index < -0.39 is 17.8 Å². The minimum atomic E-state index is -4.43. The standard InChI is InChI=1S/C18H19F3N2O2/c1-17(2)8-12-14(13(24)9-17)15(22-16(25)23(12)3)10-4-6-11(7-5-10)18(19,20)21/h4-7,15H,8-9H2,1-3H3,(H,22,25)/t15-/m0/s1. The Morgan fingerprint density at radius 1 is 1.12 bits per heavy atom. The lowest BCUT2D eigenvalue weighted by molar-refractivity contribution is -0.137. The summed E-state index contributed by atoms with van der Waals surface area (Å²) in [6, 6.07) is 3.49. The maximum absolute atomic E-state index is 12.8. The zero-order chi connectivity index (χ0) is 18.6. The average molecular weight is 352 g/mol. The number of ketones is 1. The third-order valence-corrected chi connectivity index (χ3v) is 4.73. The summed E-state index contributed by atoms with van der Waals surface area (Å²) in [6.45, 7) is 3.92. The van der Waals surface area contributed by atoms with Crippen molar-refractivity contribution in [3.8, 4) is 0 Å². The summed E-state index contributed by atoms with van der Waals surface area (Å²) in [5.41, 5.74) is 0.568. The molecule has 0 aromatic heterocycles. The summed E-state index contributed by atoms with van der Waals surface area (Å²) >= 11 is 0. The van der Waals surface area contributed by atoms with Gasteiger partial charge in [-0.3, -0.25) is 4.79 Å². The first-order valence-electron chi connectivity index (χ1n) is 7.97. The van der Waals surface area contributed by atoms with Crippen LogP contribution < -0.4 is 5.32 Å². The van der Waals surface area contributed by atoms with Crippen molar-refractivity contribution in [2.75, 3.05) is 7.05 Å². The molecule has 1 aromatic rings. The largest absolute Gasteiger partial charge is 0.416 e. The number of benzene rings is 1. The number of allylic oxidation sites excluding steroid dienone is 1. The number of nitrogens with one attached hydrogen (secondary N) is 1. The van der Waals surface area contributed by atoms with Crippen LogP contribution in [0, 0.1) is 5.41 Å². The first kappa shape index (κ1) is 17.5. The Kier molecular flexibility index (Phi) is 3.93. The first-order valence-corrected chi connectivity index (χ1v) is 7.97. The number of nitrogens with zero attached hydrogens (tertiary/aromatic N) is 1. The van der Waals surface area contributed by atoms with Crippen LogP contribution in [0.3, 0.4) is 0 Å². The molecule has 0 radical (unpaired) electrons. The number of amides is 2. The number of hydrogen-bond donors (Lipinski definition) is 1. The van der Waals surface area contributed by atoms with Crippen molar-refractivity contribution in [3.63, 3.8) is 0 Å². The van der Waals surface area contributed by atoms with Gasteiger partial charge in [0.25, 0.3) is 0 Å². The molecule has 1 aliphatic heterocycles. The normalized spacial score (nSPS) is 23.4. The van der Waals surface area contributed by atoms with Gasteiger partial charge in [-0.15, -0.1) is 0 Å². The van der Waals surface area contributed by atoms with Gasteiger partial charge in [0.05, 0.1) is 11.6 Å². The predicted molar refractivity (Wildman–Crippen MR) is 85.5 cm³/mol. The lowest BCUT2D eigenvalue weighted by Gasteiger charge is -2.42. The van der Waals surface area contributed by atoms with E-state index in [-0.39, 0.29) is 17.2 Å². The highest BCUT2D eigenvalue weighted by Gasteiger charge is 2.42. The summed E-state index contributed by atoms with van der Waals surface area (Å²) in [7, 11) is 1.60. The van der Waals surface area contributed by atoms with Gasteiger partial charge < -0.3 is 10.2 Å². The van der Waals surface area contributed by atoms with E-state index in [4.69, 9.17) is 0 Å². The molecule has 0 bridgehead atoms. The van der Waals surface area contributed by atoms with Crippen LogP contribution in [0.15, 0.2) is 35.5 Å². The van der Waals surface area contributed by atoms with Gasteiger partial charge in [0.15, 0.2) is 5.78 Å². The molecule has 2 aliphatic rings. The number of carbonyl (C=O) groups excluding carboxylic acids is 2. The van der Waals surface area contributed by atoms with E-state index in [9.17, 15) is 22.8 Å². The van der Waals surface area contributed by atoms with Crippen LogP contribution in [0.25, 0.3) is 0 Å². The lowest BCUT2D eigenvalue weighted by Crippen LogP contribution is -2.49. The maximum atomic E-state index is 12.8. The van der Waals surface area contributed by atoms with Crippen LogP contribution in [0.4, 0.5) is 18.0 Å². The highest BCUT2D eigenvalue weighted by molar-refractivity contribution is 6.01. The Morgan fingerprint density at radius 2 is 1.72 bits per heavy atom. The van der Waals surface area contributed by atoms with Crippen LogP contribution in [0.2, 0.25) is 0 Å². The Bertz CT molecular complexity index is 764. The maximum Gasteiger partial charge on any atom is 0.416 e. The molecule has 2 amide bonds. The van der Waals surface area contributed by atoms with Crippen molar-refractivity contribution in [3.05, 3.63) is 46.7 Å². The summed E-state index contributed by atoms with van der Waals surface area (Å²) in [5, 5.41) is 2.72. The zero-order valence-corrected chi connectivity index (χ0v) is 14.2. The molecule has 1 atom stereocenters. The second kappa shape index (κ2) is 5.61. The van der Waals surface area contributed by atoms with Crippen LogP contribution in [0.5, 0.6) is 0 Å². The molecule has 134 valence electrons. The monoisotopic (exact) mass is 352 g/mol. The van der Waals surface area contributed by atoms with E-state index in [1.807, 2.05) is 13.8 Å². The number of rotatable bonds is 1. The molecule has 0 spiro atoms. The quantitative estimate of drug-likeness (QED) is 0.829. The molecule has 1 N–H and O–H groups in total. The van der Waals surface area contributed by atoms with E-state index in [0.717, 1.165) is 12.1 Å². The lowest BCUT2D eigenvalue weighted by atomic mass is 9.72. The van der Waals surface area contributed by atoms with Gasteiger partial charge in [-0.05, 0) is 29.5 Å². The summed E-state index contributed by atoms with van der Waals surface area (Å²) in [4.78, 5) is 26.4. The van der Waals surface area contributed by atoms with Crippen LogP contribution in [-0.2, 0) is 11.0 Å². The number of carbonyl (C=O) groups is 2. The molecule has 3 rings (SSSR count). The third kappa shape index (κ3) is 3.15. The van der Waals surface area contributed by atoms with Crippen molar-refractivity contribution in [1.82, 2.24) is 10.2 Å². The van der Waals surface area contributed by atoms with Gasteiger partial charge in [-0.2, -0.15) is 13.2 Å². The smallest absolute Gasteiger partial charge is 0.327 e. The molecule has 25 heavy (non-hydrogen) atoms. The number of Topliss-reactive ketones (excluding diaryl/α,β-unsaturated/α-hetero) is 1. The predicted octanol–water partition coefficient (Wildman–Crippen LogP) is 4.04. The van der Waals surface area contributed by atoms with Crippen molar-refractivity contribution >= 4 is 11.8 Å². The Balaban J connectivity index is 2.05. The highest BCUT2D eigenvalue weighted by Crippen LogP contribution is 2.44. The van der Waals surface area contributed by atoms with Crippen molar-refractivity contribution in [2.24, 2.45) is 5.41 Å². The van der Waals surface area contributed by atoms with E-state index >= 15 is 0 Å². The van der Waals surface area contributed by atoms with Gasteiger partial charge in [-0.25, -0.2) is 4.79 Å². The number of halogens is 3. The minimum Gasteiger partial charge on any atom is -0.327 e. The molecule has 0 saturated carbocycles. The van der Waals surface area contributed by atoms with Gasteiger partial charge in [0, 0.05) is 24.7 Å². The van der Waals surface area contributed by atoms with E-state index in [1.165, 1.54) is 17.0 Å². The Morgan fingerprint density at radius 3 is 2.28 bits per heavy atom. The molecule has 1 aromatic carbocycles. The molecular weight excluding hydrogens is 333 g/mol. The Hall–Kier alpha value is -2.31. The summed E-state index contributed by atoms with van der Waals surface area (Å²) in [6.07, 6.45) is -3.52. The second-order valence-corrected chi connectivity index (χ2v) is 7.36. The van der Waals surface area contributed by atoms with E-state index in [2.05, 4.69) is 5.32 Å². The molecule has 7 heteroatoms. The van der Waals surface area contributed by atoms with Crippen molar-refractivity contribution in [1.29, 1.82) is 0 Å². The fourth-order valence-electron chi connectivity index (χ4n) is 3.46. The van der Waals surface area contributed by atoms with Gasteiger partial charge in [-0.1, -0.05) is 26.0 Å². The summed E-state index contributed by atoms with van der Waals surface area (Å²) in [5.74, 6) is -0.0806. The van der Waals surface area contributed by atoms with Crippen LogP contribution >= 0.6 is 0 Å². The van der Waals surface area contributed by atoms with E-state index in [1.54, 1.807) is 7.05 Å². The van der Waals surface area contributed by atoms with Gasteiger partial charge in [0.1, 0.15) is 0 Å². The topological polar surface area (TPSA) is 49.4 Å². The van der Waals surface area contributed by atoms with Crippen molar-refractivity contribution in [2.45, 2.75) is 38.9 Å². The zero-order valence-electron chi connectivity index (χ0n) is 14.2. The molecular formula is C18H19F3N2O2.